The van der Waals surface area contributed by atoms with Crippen LogP contribution in [0.4, 0.5) is 0 Å². The third-order valence-corrected chi connectivity index (χ3v) is 4.05. The molecule has 2 aliphatic carbocycles. The Morgan fingerprint density at radius 2 is 1.83 bits per heavy atom. The summed E-state index contributed by atoms with van der Waals surface area (Å²) < 4.78 is 5.18. The summed E-state index contributed by atoms with van der Waals surface area (Å²) in [7, 11) is 0. The summed E-state index contributed by atoms with van der Waals surface area (Å²) in [4.78, 5) is 11.4. The zero-order valence-electron chi connectivity index (χ0n) is 7.16. The molecule has 1 heterocycles. The first-order valence-electron chi connectivity index (χ1n) is 5.03. The minimum atomic E-state index is 0.0978. The van der Waals surface area contributed by atoms with E-state index < -0.39 is 0 Å². The highest BCUT2D eigenvalue weighted by atomic mass is 16.5. The van der Waals surface area contributed by atoms with Gasteiger partial charge >= 0.3 is 5.97 Å². The Balaban J connectivity index is 1.93. The Bertz CT molecular complexity index is 224. The van der Waals surface area contributed by atoms with E-state index in [1.54, 1.807) is 0 Å². The standard InChI is InChI=1S/C10H14O2/c11-10-8-4-3-6-1-2-7(5-12-10)9(6)8/h6-9H,1-5H2. The van der Waals surface area contributed by atoms with Gasteiger partial charge in [0.05, 0.1) is 12.5 Å². The van der Waals surface area contributed by atoms with Gasteiger partial charge in [0, 0.05) is 0 Å². The molecule has 2 saturated carbocycles. The summed E-state index contributed by atoms with van der Waals surface area (Å²) >= 11 is 0. The molecule has 1 aliphatic heterocycles. The summed E-state index contributed by atoms with van der Waals surface area (Å²) in [5.74, 6) is 2.69. The molecule has 0 aromatic rings. The Kier molecular flexibility index (Phi) is 1.29. The van der Waals surface area contributed by atoms with Gasteiger partial charge in [-0.3, -0.25) is 4.79 Å². The number of cyclic esters (lactones) is 1. The van der Waals surface area contributed by atoms with Gasteiger partial charge in [-0.25, -0.2) is 0 Å². The first-order chi connectivity index (χ1) is 5.86. The van der Waals surface area contributed by atoms with Gasteiger partial charge in [0.2, 0.25) is 0 Å². The zero-order chi connectivity index (χ0) is 8.13. The third kappa shape index (κ3) is 0.732. The molecule has 66 valence electrons. The summed E-state index contributed by atoms with van der Waals surface area (Å²) in [5.41, 5.74) is 0. The largest absolute Gasteiger partial charge is 0.465 e. The molecule has 3 fully saturated rings. The summed E-state index contributed by atoms with van der Waals surface area (Å²) in [6.45, 7) is 0.719. The fraction of sp³-hybridized carbons (Fsp3) is 0.900. The number of carbonyl (C=O) groups excluding carboxylic acids is 1. The second kappa shape index (κ2) is 2.24. The van der Waals surface area contributed by atoms with Crippen molar-refractivity contribution in [1.29, 1.82) is 0 Å². The molecule has 4 atom stereocenters. The molecule has 12 heavy (non-hydrogen) atoms. The van der Waals surface area contributed by atoms with Crippen LogP contribution in [0.3, 0.4) is 0 Å². The van der Waals surface area contributed by atoms with Crippen molar-refractivity contribution in [2.24, 2.45) is 23.7 Å². The Morgan fingerprint density at radius 1 is 1.08 bits per heavy atom. The van der Waals surface area contributed by atoms with Gasteiger partial charge in [0.25, 0.3) is 0 Å². The number of hydrogen-bond acceptors (Lipinski definition) is 2. The number of rotatable bonds is 0. The maximum Gasteiger partial charge on any atom is 0.309 e. The molecule has 1 saturated heterocycles. The van der Waals surface area contributed by atoms with E-state index in [1.165, 1.54) is 19.3 Å². The Labute approximate surface area is 72.3 Å². The van der Waals surface area contributed by atoms with Crippen LogP contribution in [-0.4, -0.2) is 12.6 Å². The summed E-state index contributed by atoms with van der Waals surface area (Å²) in [5, 5.41) is 0. The lowest BCUT2D eigenvalue weighted by Crippen LogP contribution is -2.35. The van der Waals surface area contributed by atoms with E-state index in [0.717, 1.165) is 24.9 Å². The highest BCUT2D eigenvalue weighted by molar-refractivity contribution is 5.74. The highest BCUT2D eigenvalue weighted by Gasteiger charge is 2.51. The van der Waals surface area contributed by atoms with Gasteiger partial charge in [-0.05, 0) is 43.4 Å². The second-order valence-corrected chi connectivity index (χ2v) is 4.49. The van der Waals surface area contributed by atoms with Crippen molar-refractivity contribution in [3.8, 4) is 0 Å². The van der Waals surface area contributed by atoms with Crippen LogP contribution in [0.15, 0.2) is 0 Å². The number of esters is 1. The summed E-state index contributed by atoms with van der Waals surface area (Å²) in [6, 6.07) is 0. The fourth-order valence-corrected chi connectivity index (χ4v) is 3.54. The van der Waals surface area contributed by atoms with E-state index >= 15 is 0 Å². The van der Waals surface area contributed by atoms with E-state index in [0.29, 0.717) is 5.92 Å². The number of ether oxygens (including phenoxy) is 1. The number of hydrogen-bond donors (Lipinski definition) is 0. The zero-order valence-corrected chi connectivity index (χ0v) is 7.16. The molecule has 0 bridgehead atoms. The van der Waals surface area contributed by atoms with Crippen molar-refractivity contribution in [2.45, 2.75) is 25.7 Å². The molecule has 0 amide bonds. The smallest absolute Gasteiger partial charge is 0.309 e. The maximum absolute atomic E-state index is 11.4. The topological polar surface area (TPSA) is 26.3 Å². The van der Waals surface area contributed by atoms with Gasteiger partial charge in [-0.2, -0.15) is 0 Å². The maximum atomic E-state index is 11.4. The first kappa shape index (κ1) is 6.93. The van der Waals surface area contributed by atoms with E-state index in [-0.39, 0.29) is 11.9 Å². The van der Waals surface area contributed by atoms with Crippen molar-refractivity contribution in [3.05, 3.63) is 0 Å². The van der Waals surface area contributed by atoms with Gasteiger partial charge in [0.1, 0.15) is 0 Å². The Hall–Kier alpha value is -0.530. The molecule has 0 spiro atoms. The average molecular weight is 166 g/mol. The van der Waals surface area contributed by atoms with Crippen molar-refractivity contribution < 1.29 is 9.53 Å². The summed E-state index contributed by atoms with van der Waals surface area (Å²) in [6.07, 6.45) is 5.03. The van der Waals surface area contributed by atoms with Crippen molar-refractivity contribution in [3.63, 3.8) is 0 Å². The normalized spacial score (nSPS) is 50.5. The predicted molar refractivity (Wildman–Crippen MR) is 43.4 cm³/mol. The van der Waals surface area contributed by atoms with Crippen molar-refractivity contribution >= 4 is 5.97 Å². The molecule has 3 aliphatic rings. The average Bonchev–Trinajstić information content (AvgIpc) is 2.61. The molecule has 4 unspecified atom stereocenters. The van der Waals surface area contributed by atoms with Gasteiger partial charge in [0.15, 0.2) is 0 Å². The van der Waals surface area contributed by atoms with Crippen molar-refractivity contribution in [1.82, 2.24) is 0 Å². The second-order valence-electron chi connectivity index (χ2n) is 4.49. The molecular weight excluding hydrogens is 152 g/mol. The van der Waals surface area contributed by atoms with Crippen LogP contribution in [0.2, 0.25) is 0 Å². The van der Waals surface area contributed by atoms with Gasteiger partial charge in [-0.1, -0.05) is 0 Å². The molecule has 0 radical (unpaired) electrons. The van der Waals surface area contributed by atoms with Crippen LogP contribution >= 0.6 is 0 Å². The minimum absolute atomic E-state index is 0.0978. The molecule has 3 rings (SSSR count). The lowest BCUT2D eigenvalue weighted by atomic mass is 9.83. The van der Waals surface area contributed by atoms with E-state index in [9.17, 15) is 4.79 Å². The molecule has 0 aromatic heterocycles. The van der Waals surface area contributed by atoms with Crippen LogP contribution in [0.25, 0.3) is 0 Å². The van der Waals surface area contributed by atoms with E-state index in [4.69, 9.17) is 4.74 Å². The van der Waals surface area contributed by atoms with E-state index in [1.807, 2.05) is 0 Å². The SMILES string of the molecule is O=C1OCC2CCC3CCC1C32. The highest BCUT2D eigenvalue weighted by Crippen LogP contribution is 2.53. The fourth-order valence-electron chi connectivity index (χ4n) is 3.54. The van der Waals surface area contributed by atoms with Crippen LogP contribution in [0, 0.1) is 23.7 Å². The lowest BCUT2D eigenvalue weighted by Gasteiger charge is -2.29. The van der Waals surface area contributed by atoms with Crippen LogP contribution in [0.5, 0.6) is 0 Å². The third-order valence-electron chi connectivity index (χ3n) is 4.05. The van der Waals surface area contributed by atoms with Crippen LogP contribution in [0.1, 0.15) is 25.7 Å². The number of carbonyl (C=O) groups is 1. The molecular formula is C10H14O2. The molecule has 0 N–H and O–H groups in total. The molecule has 2 heteroatoms. The van der Waals surface area contributed by atoms with Gasteiger partial charge in [-0.15, -0.1) is 0 Å². The predicted octanol–water partition coefficient (Wildman–Crippen LogP) is 1.60. The van der Waals surface area contributed by atoms with E-state index in [2.05, 4.69) is 0 Å². The van der Waals surface area contributed by atoms with Crippen LogP contribution in [-0.2, 0) is 9.53 Å². The van der Waals surface area contributed by atoms with Crippen molar-refractivity contribution in [2.75, 3.05) is 6.61 Å². The van der Waals surface area contributed by atoms with Crippen LogP contribution < -0.4 is 0 Å². The molecule has 0 aromatic carbocycles. The quantitative estimate of drug-likeness (QED) is 0.511. The lowest BCUT2D eigenvalue weighted by molar-refractivity contribution is -0.159. The van der Waals surface area contributed by atoms with Gasteiger partial charge < -0.3 is 4.74 Å². The monoisotopic (exact) mass is 166 g/mol. The first-order valence-corrected chi connectivity index (χ1v) is 5.03. The Morgan fingerprint density at radius 3 is 2.75 bits per heavy atom. The molecule has 2 nitrogen and oxygen atoms in total. The minimum Gasteiger partial charge on any atom is -0.465 e.